The first-order valence-electron chi connectivity index (χ1n) is 7.18. The molecule has 0 spiro atoms. The second-order valence-electron chi connectivity index (χ2n) is 5.33. The molecule has 1 heterocycles. The highest BCUT2D eigenvalue weighted by Gasteiger charge is 2.12. The summed E-state index contributed by atoms with van der Waals surface area (Å²) in [7, 11) is 0. The van der Waals surface area contributed by atoms with Crippen LogP contribution < -0.4 is 5.32 Å². The van der Waals surface area contributed by atoms with E-state index in [0.29, 0.717) is 16.3 Å². The number of aldehydes is 1. The fraction of sp³-hybridized carbons (Fsp3) is 0.111. The van der Waals surface area contributed by atoms with E-state index in [-0.39, 0.29) is 12.5 Å². The Morgan fingerprint density at radius 1 is 1.22 bits per heavy atom. The van der Waals surface area contributed by atoms with Crippen LogP contribution in [0.4, 0.5) is 5.69 Å². The van der Waals surface area contributed by atoms with Crippen LogP contribution in [-0.4, -0.2) is 16.8 Å². The second-order valence-corrected chi connectivity index (χ2v) is 5.73. The molecule has 1 amide bonds. The molecule has 0 saturated carbocycles. The molecule has 1 N–H and O–H groups in total. The number of benzene rings is 2. The number of fused-ring (bicyclic) bond motifs is 1. The number of rotatable bonds is 4. The number of para-hydroxylation sites is 2. The molecular weight excluding hydrogens is 312 g/mol. The molecule has 23 heavy (non-hydrogen) atoms. The standard InChI is InChI=1S/C18H15ClN2O2/c1-12-5-4-7-15(19)18(12)20-17(23)10-21-9-13(11-22)14-6-2-3-8-16(14)21/h2-9,11H,10H2,1H3,(H,20,23). The highest BCUT2D eigenvalue weighted by molar-refractivity contribution is 6.33. The van der Waals surface area contributed by atoms with Gasteiger partial charge in [-0.3, -0.25) is 9.59 Å². The highest BCUT2D eigenvalue weighted by atomic mass is 35.5. The number of nitrogens with zero attached hydrogens (tertiary/aromatic N) is 1. The number of hydrogen-bond acceptors (Lipinski definition) is 2. The zero-order valence-electron chi connectivity index (χ0n) is 12.5. The number of carbonyl (C=O) groups excluding carboxylic acids is 2. The van der Waals surface area contributed by atoms with Gasteiger partial charge in [0.25, 0.3) is 0 Å². The van der Waals surface area contributed by atoms with E-state index in [1.165, 1.54) is 0 Å². The van der Waals surface area contributed by atoms with Gasteiger partial charge in [0, 0.05) is 22.7 Å². The number of carbonyl (C=O) groups is 2. The van der Waals surface area contributed by atoms with Gasteiger partial charge in [-0.2, -0.15) is 0 Å². The lowest BCUT2D eigenvalue weighted by Crippen LogP contribution is -2.19. The molecule has 0 aliphatic rings. The van der Waals surface area contributed by atoms with Gasteiger partial charge < -0.3 is 9.88 Å². The third kappa shape index (κ3) is 2.98. The van der Waals surface area contributed by atoms with Gasteiger partial charge >= 0.3 is 0 Å². The van der Waals surface area contributed by atoms with Crippen molar-refractivity contribution >= 4 is 40.4 Å². The lowest BCUT2D eigenvalue weighted by molar-refractivity contribution is -0.116. The van der Waals surface area contributed by atoms with Gasteiger partial charge in [-0.25, -0.2) is 0 Å². The molecule has 2 aromatic carbocycles. The van der Waals surface area contributed by atoms with E-state index in [0.717, 1.165) is 22.8 Å². The fourth-order valence-corrected chi connectivity index (χ4v) is 2.89. The molecule has 0 radical (unpaired) electrons. The largest absolute Gasteiger partial charge is 0.337 e. The van der Waals surface area contributed by atoms with Crippen molar-refractivity contribution in [1.29, 1.82) is 0 Å². The molecule has 0 saturated heterocycles. The summed E-state index contributed by atoms with van der Waals surface area (Å²) in [4.78, 5) is 23.5. The Morgan fingerprint density at radius 3 is 2.74 bits per heavy atom. The van der Waals surface area contributed by atoms with Crippen LogP contribution in [0.3, 0.4) is 0 Å². The van der Waals surface area contributed by atoms with Crippen molar-refractivity contribution in [3.63, 3.8) is 0 Å². The summed E-state index contributed by atoms with van der Waals surface area (Å²) in [5.41, 5.74) is 2.94. The molecule has 3 rings (SSSR count). The molecule has 0 fully saturated rings. The normalized spacial score (nSPS) is 10.7. The van der Waals surface area contributed by atoms with Crippen molar-refractivity contribution in [2.24, 2.45) is 0 Å². The molecule has 4 nitrogen and oxygen atoms in total. The lowest BCUT2D eigenvalue weighted by Gasteiger charge is -2.11. The first kappa shape index (κ1) is 15.3. The average molecular weight is 327 g/mol. The maximum atomic E-state index is 12.3. The Labute approximate surface area is 138 Å². The number of anilines is 1. The predicted octanol–water partition coefficient (Wildman–Crippen LogP) is 4.05. The third-order valence-electron chi connectivity index (χ3n) is 3.75. The summed E-state index contributed by atoms with van der Waals surface area (Å²) in [6.45, 7) is 2.00. The lowest BCUT2D eigenvalue weighted by atomic mass is 10.2. The summed E-state index contributed by atoms with van der Waals surface area (Å²) in [5, 5.41) is 4.18. The van der Waals surface area contributed by atoms with E-state index in [4.69, 9.17) is 11.6 Å². The summed E-state index contributed by atoms with van der Waals surface area (Å²) in [6.07, 6.45) is 2.49. The van der Waals surface area contributed by atoms with E-state index < -0.39 is 0 Å². The Morgan fingerprint density at radius 2 is 2.00 bits per heavy atom. The van der Waals surface area contributed by atoms with Crippen LogP contribution in [0, 0.1) is 6.92 Å². The topological polar surface area (TPSA) is 51.1 Å². The van der Waals surface area contributed by atoms with Gasteiger partial charge in [0.1, 0.15) is 6.54 Å². The molecule has 0 aliphatic heterocycles. The van der Waals surface area contributed by atoms with Gasteiger partial charge in [-0.1, -0.05) is 41.9 Å². The molecule has 5 heteroatoms. The summed E-state index contributed by atoms with van der Waals surface area (Å²) < 4.78 is 1.76. The number of aryl methyl sites for hydroxylation is 1. The average Bonchev–Trinajstić information content (AvgIpc) is 2.89. The molecule has 1 aromatic heterocycles. The first-order chi connectivity index (χ1) is 11.1. The number of amides is 1. The SMILES string of the molecule is Cc1cccc(Cl)c1NC(=O)Cn1cc(C=O)c2ccccc21. The van der Waals surface area contributed by atoms with E-state index in [1.54, 1.807) is 16.8 Å². The molecule has 0 aliphatic carbocycles. The third-order valence-corrected chi connectivity index (χ3v) is 4.06. The maximum absolute atomic E-state index is 12.3. The highest BCUT2D eigenvalue weighted by Crippen LogP contribution is 2.25. The van der Waals surface area contributed by atoms with Crippen molar-refractivity contribution in [2.75, 3.05) is 5.32 Å². The van der Waals surface area contributed by atoms with Crippen molar-refractivity contribution in [3.05, 3.63) is 64.8 Å². The molecular formula is C18H15ClN2O2. The van der Waals surface area contributed by atoms with Crippen molar-refractivity contribution in [3.8, 4) is 0 Å². The molecule has 0 unspecified atom stereocenters. The van der Waals surface area contributed by atoms with Crippen LogP contribution in [0.15, 0.2) is 48.7 Å². The van der Waals surface area contributed by atoms with Crippen LogP contribution in [0.2, 0.25) is 5.02 Å². The first-order valence-corrected chi connectivity index (χ1v) is 7.56. The van der Waals surface area contributed by atoms with Crippen LogP contribution in [0.5, 0.6) is 0 Å². The molecule has 3 aromatic rings. The Bertz CT molecular complexity index is 879. The van der Waals surface area contributed by atoms with Crippen LogP contribution in [0.25, 0.3) is 10.9 Å². The number of hydrogen-bond donors (Lipinski definition) is 1. The van der Waals surface area contributed by atoms with E-state index in [2.05, 4.69) is 5.32 Å². The molecule has 0 atom stereocenters. The minimum absolute atomic E-state index is 0.110. The Hall–Kier alpha value is -2.59. The Balaban J connectivity index is 1.88. The zero-order valence-corrected chi connectivity index (χ0v) is 13.3. The van der Waals surface area contributed by atoms with Crippen LogP contribution in [0.1, 0.15) is 15.9 Å². The van der Waals surface area contributed by atoms with Crippen molar-refractivity contribution in [2.45, 2.75) is 13.5 Å². The van der Waals surface area contributed by atoms with Gasteiger partial charge in [-0.15, -0.1) is 0 Å². The minimum atomic E-state index is -0.195. The van der Waals surface area contributed by atoms with Gasteiger partial charge in [0.2, 0.25) is 5.91 Å². The zero-order chi connectivity index (χ0) is 16.4. The second kappa shape index (κ2) is 6.26. The fourth-order valence-electron chi connectivity index (χ4n) is 2.62. The van der Waals surface area contributed by atoms with Gasteiger partial charge in [-0.05, 0) is 24.6 Å². The minimum Gasteiger partial charge on any atom is -0.337 e. The summed E-state index contributed by atoms with van der Waals surface area (Å²) in [6, 6.07) is 13.0. The predicted molar refractivity (Wildman–Crippen MR) is 92.1 cm³/mol. The molecule has 116 valence electrons. The monoisotopic (exact) mass is 326 g/mol. The number of halogens is 1. The van der Waals surface area contributed by atoms with E-state index >= 15 is 0 Å². The Kier molecular flexibility index (Phi) is 4.17. The van der Waals surface area contributed by atoms with Crippen LogP contribution in [-0.2, 0) is 11.3 Å². The maximum Gasteiger partial charge on any atom is 0.244 e. The summed E-state index contributed by atoms with van der Waals surface area (Å²) in [5.74, 6) is -0.195. The van der Waals surface area contributed by atoms with E-state index in [9.17, 15) is 9.59 Å². The van der Waals surface area contributed by atoms with Gasteiger partial charge in [0.15, 0.2) is 6.29 Å². The van der Waals surface area contributed by atoms with Crippen molar-refractivity contribution < 1.29 is 9.59 Å². The number of aromatic nitrogens is 1. The number of nitrogens with one attached hydrogen (secondary N) is 1. The summed E-state index contributed by atoms with van der Waals surface area (Å²) >= 11 is 6.13. The smallest absolute Gasteiger partial charge is 0.244 e. The molecule has 0 bridgehead atoms. The van der Waals surface area contributed by atoms with Crippen LogP contribution >= 0.6 is 11.6 Å². The van der Waals surface area contributed by atoms with Crippen molar-refractivity contribution in [1.82, 2.24) is 4.57 Å². The quantitative estimate of drug-likeness (QED) is 0.735. The van der Waals surface area contributed by atoms with E-state index in [1.807, 2.05) is 43.3 Å². The van der Waals surface area contributed by atoms with Gasteiger partial charge in [0.05, 0.1) is 10.7 Å².